The number of nitro benzene ring substituents is 1. The molecule has 0 bridgehead atoms. The van der Waals surface area contributed by atoms with Gasteiger partial charge in [-0.15, -0.1) is 0 Å². The summed E-state index contributed by atoms with van der Waals surface area (Å²) in [6.45, 7) is 1.83. The van der Waals surface area contributed by atoms with Crippen molar-refractivity contribution in [3.8, 4) is 0 Å². The van der Waals surface area contributed by atoms with Crippen LogP contribution in [0.4, 0.5) is 5.69 Å². The molecule has 3 nitrogen and oxygen atoms in total. The molecule has 62 valence electrons. The molecule has 1 aromatic carbocycles. The topological polar surface area (TPSA) is 43.1 Å². The Balaban J connectivity index is 2.78. The van der Waals surface area contributed by atoms with E-state index in [-0.39, 0.29) is 5.69 Å². The van der Waals surface area contributed by atoms with Crippen molar-refractivity contribution >= 4 is 5.69 Å². The molecule has 0 atom stereocenters. The molecule has 0 saturated carbocycles. The standard InChI is InChI=1S/C9H9NO2/c1-2-3-8-4-6-9(7-5-8)10(11)12/h4-7H,3H2,1H3. The molecule has 0 spiro atoms. The number of rotatable bonds is 3. The van der Waals surface area contributed by atoms with Gasteiger partial charge in [0, 0.05) is 12.1 Å². The highest BCUT2D eigenvalue weighted by Crippen LogP contribution is 2.12. The predicted molar refractivity (Wildman–Crippen MR) is 45.7 cm³/mol. The van der Waals surface area contributed by atoms with Crippen molar-refractivity contribution in [1.29, 1.82) is 0 Å². The maximum absolute atomic E-state index is 10.3. The highest BCUT2D eigenvalue weighted by Gasteiger charge is 2.02. The molecule has 0 aliphatic rings. The second-order valence-electron chi connectivity index (χ2n) is 2.45. The highest BCUT2D eigenvalue weighted by atomic mass is 16.6. The van der Waals surface area contributed by atoms with Gasteiger partial charge in [0.1, 0.15) is 0 Å². The van der Waals surface area contributed by atoms with Gasteiger partial charge in [-0.05, 0) is 18.4 Å². The van der Waals surface area contributed by atoms with Gasteiger partial charge in [0.25, 0.3) is 5.69 Å². The van der Waals surface area contributed by atoms with Crippen LogP contribution in [0.2, 0.25) is 0 Å². The van der Waals surface area contributed by atoms with Crippen molar-refractivity contribution in [2.24, 2.45) is 0 Å². The van der Waals surface area contributed by atoms with Gasteiger partial charge in [-0.3, -0.25) is 10.1 Å². The molecule has 1 rings (SSSR count). The number of nitro groups is 1. The van der Waals surface area contributed by atoms with Gasteiger partial charge in [0.15, 0.2) is 0 Å². The zero-order chi connectivity index (χ0) is 8.97. The van der Waals surface area contributed by atoms with Gasteiger partial charge in [0.2, 0.25) is 0 Å². The lowest BCUT2D eigenvalue weighted by Crippen LogP contribution is -1.88. The van der Waals surface area contributed by atoms with Crippen LogP contribution < -0.4 is 0 Å². The van der Waals surface area contributed by atoms with Crippen LogP contribution in [0.25, 0.3) is 0 Å². The molecule has 0 aliphatic heterocycles. The molecule has 0 aliphatic carbocycles. The first-order valence-electron chi connectivity index (χ1n) is 3.62. The van der Waals surface area contributed by atoms with E-state index in [1.54, 1.807) is 12.1 Å². The average molecular weight is 163 g/mol. The van der Waals surface area contributed by atoms with Gasteiger partial charge in [-0.2, -0.15) is 0 Å². The van der Waals surface area contributed by atoms with E-state index in [1.807, 2.05) is 6.92 Å². The molecular formula is C9H9NO2. The molecule has 0 heterocycles. The third-order valence-electron chi connectivity index (χ3n) is 1.53. The van der Waals surface area contributed by atoms with E-state index in [1.165, 1.54) is 12.1 Å². The number of hydrogen-bond acceptors (Lipinski definition) is 2. The Morgan fingerprint density at radius 2 is 2.00 bits per heavy atom. The third kappa shape index (κ3) is 2.05. The smallest absolute Gasteiger partial charge is 0.258 e. The fourth-order valence-electron chi connectivity index (χ4n) is 0.940. The average Bonchev–Trinajstić information content (AvgIpc) is 2.06. The van der Waals surface area contributed by atoms with E-state index in [0.29, 0.717) is 0 Å². The van der Waals surface area contributed by atoms with Crippen molar-refractivity contribution < 1.29 is 4.92 Å². The minimum atomic E-state index is -0.400. The van der Waals surface area contributed by atoms with Crippen molar-refractivity contribution in [1.82, 2.24) is 0 Å². The number of hydrogen-bond donors (Lipinski definition) is 0. The van der Waals surface area contributed by atoms with E-state index in [4.69, 9.17) is 0 Å². The predicted octanol–water partition coefficient (Wildman–Crippen LogP) is 2.24. The van der Waals surface area contributed by atoms with Crippen LogP contribution in [-0.2, 0) is 6.42 Å². The van der Waals surface area contributed by atoms with Crippen molar-refractivity contribution in [2.45, 2.75) is 13.3 Å². The lowest BCUT2D eigenvalue weighted by molar-refractivity contribution is -0.384. The fourth-order valence-corrected chi connectivity index (χ4v) is 0.940. The number of non-ortho nitro benzene ring substituents is 1. The third-order valence-corrected chi connectivity index (χ3v) is 1.53. The maximum Gasteiger partial charge on any atom is 0.269 e. The molecule has 0 fully saturated rings. The second-order valence-corrected chi connectivity index (χ2v) is 2.45. The molecule has 2 radical (unpaired) electrons. The molecule has 0 aromatic heterocycles. The molecule has 1 aromatic rings. The maximum atomic E-state index is 10.3. The lowest BCUT2D eigenvalue weighted by atomic mass is 10.1. The molecule has 0 N–H and O–H groups in total. The van der Waals surface area contributed by atoms with E-state index >= 15 is 0 Å². The summed E-state index contributed by atoms with van der Waals surface area (Å²) < 4.78 is 0. The van der Waals surface area contributed by atoms with E-state index < -0.39 is 4.92 Å². The quantitative estimate of drug-likeness (QED) is 0.506. The van der Waals surface area contributed by atoms with Gasteiger partial charge >= 0.3 is 0 Å². The van der Waals surface area contributed by atoms with Crippen LogP contribution in [0.3, 0.4) is 0 Å². The first-order valence-corrected chi connectivity index (χ1v) is 3.62. The summed E-state index contributed by atoms with van der Waals surface area (Å²) in [6.07, 6.45) is 3.70. The Labute approximate surface area is 71.2 Å². The van der Waals surface area contributed by atoms with Crippen LogP contribution >= 0.6 is 0 Å². The van der Waals surface area contributed by atoms with Gasteiger partial charge in [0.05, 0.1) is 4.92 Å². The summed E-state index contributed by atoms with van der Waals surface area (Å²) in [6, 6.07) is 6.50. The number of benzene rings is 1. The van der Waals surface area contributed by atoms with Crippen LogP contribution in [0, 0.1) is 16.5 Å². The number of nitrogens with zero attached hydrogens (tertiary/aromatic N) is 1. The Morgan fingerprint density at radius 3 is 2.42 bits per heavy atom. The molecule has 0 unspecified atom stereocenters. The van der Waals surface area contributed by atoms with Crippen LogP contribution in [0.1, 0.15) is 12.5 Å². The van der Waals surface area contributed by atoms with Gasteiger partial charge in [-0.25, -0.2) is 0 Å². The van der Waals surface area contributed by atoms with Crippen molar-refractivity contribution in [3.63, 3.8) is 0 Å². The van der Waals surface area contributed by atoms with E-state index in [9.17, 15) is 10.1 Å². The lowest BCUT2D eigenvalue weighted by Gasteiger charge is -1.95. The Morgan fingerprint density at radius 1 is 1.42 bits per heavy atom. The molecule has 0 saturated heterocycles. The minimum absolute atomic E-state index is 0.134. The van der Waals surface area contributed by atoms with Gasteiger partial charge < -0.3 is 0 Å². The molecule has 0 amide bonds. The van der Waals surface area contributed by atoms with Crippen LogP contribution in [-0.4, -0.2) is 4.92 Å². The second kappa shape index (κ2) is 3.85. The first kappa shape index (κ1) is 8.71. The zero-order valence-electron chi connectivity index (χ0n) is 6.78. The molecule has 12 heavy (non-hydrogen) atoms. The highest BCUT2D eigenvalue weighted by molar-refractivity contribution is 5.33. The zero-order valence-corrected chi connectivity index (χ0v) is 6.78. The SMILES string of the molecule is C[C]Cc1ccc([N+](=O)[O-])cc1. The van der Waals surface area contributed by atoms with Crippen molar-refractivity contribution in [2.75, 3.05) is 0 Å². The Kier molecular flexibility index (Phi) is 2.80. The molecule has 3 heteroatoms. The Bertz CT molecular complexity index is 266. The minimum Gasteiger partial charge on any atom is -0.258 e. The monoisotopic (exact) mass is 163 g/mol. The van der Waals surface area contributed by atoms with Crippen LogP contribution in [0.15, 0.2) is 24.3 Å². The summed E-state index contributed by atoms with van der Waals surface area (Å²) in [5, 5.41) is 10.3. The largest absolute Gasteiger partial charge is 0.269 e. The van der Waals surface area contributed by atoms with Crippen LogP contribution in [0.5, 0.6) is 0 Å². The Hall–Kier alpha value is -1.38. The van der Waals surface area contributed by atoms with Crippen molar-refractivity contribution in [3.05, 3.63) is 46.4 Å². The molecular weight excluding hydrogens is 154 g/mol. The summed E-state index contributed by atoms with van der Waals surface area (Å²) in [7, 11) is 0. The van der Waals surface area contributed by atoms with E-state index in [0.717, 1.165) is 12.0 Å². The summed E-state index contributed by atoms with van der Waals surface area (Å²) in [5.74, 6) is 0. The normalized spacial score (nSPS) is 9.75. The first-order chi connectivity index (χ1) is 5.74. The van der Waals surface area contributed by atoms with E-state index in [2.05, 4.69) is 6.42 Å². The fraction of sp³-hybridized carbons (Fsp3) is 0.222. The summed E-state index contributed by atoms with van der Waals surface area (Å²) in [4.78, 5) is 9.86. The van der Waals surface area contributed by atoms with Gasteiger partial charge in [-0.1, -0.05) is 19.1 Å². The summed E-state index contributed by atoms with van der Waals surface area (Å²) in [5.41, 5.74) is 1.18. The summed E-state index contributed by atoms with van der Waals surface area (Å²) >= 11 is 0.